The molecule has 2 heterocycles. The van der Waals surface area contributed by atoms with Crippen LogP contribution in [0.3, 0.4) is 0 Å². The third kappa shape index (κ3) is 6.61. The Balaban J connectivity index is 1.95. The maximum absolute atomic E-state index is 13.9. The molecular formula is C24H21BF10N4O2. The smallest absolute Gasteiger partial charge is 0.427 e. The summed E-state index contributed by atoms with van der Waals surface area (Å²) in [6, 6.07) is 8.72. The third-order valence-electron chi connectivity index (χ3n) is 6.25. The number of hydrogen-bond acceptors (Lipinski definition) is 6. The van der Waals surface area contributed by atoms with Gasteiger partial charge in [-0.1, -0.05) is 29.7 Å². The Morgan fingerprint density at radius 1 is 0.659 bits per heavy atom. The van der Waals surface area contributed by atoms with Crippen molar-refractivity contribution < 1.29 is 53.7 Å². The number of halogens is 10. The Labute approximate surface area is 227 Å². The zero-order valence-corrected chi connectivity index (χ0v) is 21.7. The van der Waals surface area contributed by atoms with Crippen molar-refractivity contribution in [3.8, 4) is 22.6 Å². The van der Waals surface area contributed by atoms with Crippen molar-refractivity contribution in [2.24, 2.45) is 0 Å². The highest BCUT2D eigenvalue weighted by molar-refractivity contribution is 6.47. The van der Waals surface area contributed by atoms with Gasteiger partial charge in [-0.3, -0.25) is 4.98 Å². The van der Waals surface area contributed by atoms with Crippen molar-refractivity contribution in [2.45, 2.75) is 63.1 Å². The molecule has 0 radical (unpaired) electrons. The Morgan fingerprint density at radius 2 is 1.12 bits per heavy atom. The molecule has 0 spiro atoms. The van der Waals surface area contributed by atoms with Gasteiger partial charge in [-0.15, -0.1) is 0 Å². The van der Waals surface area contributed by atoms with Crippen LogP contribution in [0.15, 0.2) is 42.6 Å². The van der Waals surface area contributed by atoms with E-state index in [1.165, 1.54) is 6.07 Å². The van der Waals surface area contributed by atoms with Gasteiger partial charge in [0.1, 0.15) is 0 Å². The SMILES string of the molecule is CC(C)(O)C(C)(C)OBc1ccc(-c2ccc(-c3nc(C(F)(F)C(F)(F)F)nc(C(F)(F)C(F)(F)F)n3)cn2)cc1. The van der Waals surface area contributed by atoms with Gasteiger partial charge in [-0.05, 0) is 39.8 Å². The topological polar surface area (TPSA) is 81.0 Å². The summed E-state index contributed by atoms with van der Waals surface area (Å²) < 4.78 is 138. The molecule has 0 aliphatic heterocycles. The molecule has 0 aliphatic carbocycles. The molecule has 0 aliphatic rings. The highest BCUT2D eigenvalue weighted by atomic mass is 19.4. The molecule has 0 atom stereocenters. The molecule has 2 aromatic heterocycles. The fourth-order valence-electron chi connectivity index (χ4n) is 2.95. The van der Waals surface area contributed by atoms with Crippen LogP contribution in [0.1, 0.15) is 39.3 Å². The van der Waals surface area contributed by atoms with Gasteiger partial charge in [-0.2, -0.15) is 43.9 Å². The van der Waals surface area contributed by atoms with Crippen molar-refractivity contribution in [3.05, 3.63) is 54.2 Å². The fourth-order valence-corrected chi connectivity index (χ4v) is 2.95. The molecule has 0 saturated carbocycles. The van der Waals surface area contributed by atoms with E-state index in [4.69, 9.17) is 4.65 Å². The zero-order chi connectivity index (χ0) is 31.2. The Bertz CT molecular complexity index is 1330. The van der Waals surface area contributed by atoms with Crippen LogP contribution < -0.4 is 5.46 Å². The quantitative estimate of drug-likeness (QED) is 0.275. The van der Waals surface area contributed by atoms with Crippen molar-refractivity contribution >= 4 is 12.9 Å². The second-order valence-electron chi connectivity index (χ2n) is 9.94. The number of alkyl halides is 10. The van der Waals surface area contributed by atoms with Gasteiger partial charge >= 0.3 is 31.7 Å². The predicted octanol–water partition coefficient (Wildman–Crippen LogP) is 5.45. The molecule has 41 heavy (non-hydrogen) atoms. The van der Waals surface area contributed by atoms with Crippen molar-refractivity contribution in [1.29, 1.82) is 0 Å². The first-order chi connectivity index (χ1) is 18.5. The van der Waals surface area contributed by atoms with Crippen LogP contribution in [0.2, 0.25) is 0 Å². The minimum absolute atomic E-state index is 0.138. The number of nitrogens with zero attached hydrogens (tertiary/aromatic N) is 4. The standard InChI is InChI=1S/C24H21BF10N4O2/c1-19(2,40)20(3,4)41-25-14-8-5-12(6-9-14)15-10-7-13(11-36-15)16-37-17(21(26,27)23(30,31)32)39-18(38-16)22(28,29)24(33,34)35/h5-11,25,40H,1-4H3. The van der Waals surface area contributed by atoms with E-state index in [0.29, 0.717) is 11.0 Å². The molecule has 0 amide bonds. The van der Waals surface area contributed by atoms with E-state index in [0.717, 1.165) is 12.3 Å². The van der Waals surface area contributed by atoms with Crippen LogP contribution >= 0.6 is 0 Å². The van der Waals surface area contributed by atoms with Gasteiger partial charge in [0.25, 0.3) is 0 Å². The molecule has 1 aromatic carbocycles. The molecule has 6 nitrogen and oxygen atoms in total. The first-order valence-corrected chi connectivity index (χ1v) is 11.6. The lowest BCUT2D eigenvalue weighted by atomic mass is 9.82. The summed E-state index contributed by atoms with van der Waals surface area (Å²) in [5, 5.41) is 10.2. The molecule has 0 bridgehead atoms. The van der Waals surface area contributed by atoms with Gasteiger partial charge in [0.2, 0.25) is 11.6 Å². The normalized spacial score (nSPS) is 13.8. The average Bonchev–Trinajstić information content (AvgIpc) is 2.85. The van der Waals surface area contributed by atoms with E-state index in [-0.39, 0.29) is 13.2 Å². The highest BCUT2D eigenvalue weighted by Gasteiger charge is 2.64. The molecule has 3 aromatic rings. The molecular weight excluding hydrogens is 577 g/mol. The van der Waals surface area contributed by atoms with E-state index >= 15 is 0 Å². The Hall–Kier alpha value is -3.34. The van der Waals surface area contributed by atoms with Crippen LogP contribution in [-0.2, 0) is 16.5 Å². The van der Waals surface area contributed by atoms with Crippen LogP contribution in [0.5, 0.6) is 0 Å². The largest absolute Gasteiger partial charge is 0.461 e. The minimum atomic E-state index is -6.40. The molecule has 0 saturated heterocycles. The summed E-state index contributed by atoms with van der Waals surface area (Å²) in [4.78, 5) is 11.8. The summed E-state index contributed by atoms with van der Waals surface area (Å²) >= 11 is 0. The monoisotopic (exact) mass is 598 g/mol. The maximum Gasteiger partial charge on any atom is 0.461 e. The first-order valence-electron chi connectivity index (χ1n) is 11.6. The molecule has 0 unspecified atom stereocenters. The van der Waals surface area contributed by atoms with Gasteiger partial charge in [0.05, 0.1) is 16.9 Å². The van der Waals surface area contributed by atoms with Crippen LogP contribution in [-0.4, -0.2) is 56.1 Å². The van der Waals surface area contributed by atoms with Gasteiger partial charge in [0, 0.05) is 17.3 Å². The summed E-state index contributed by atoms with van der Waals surface area (Å²) in [6.07, 6.45) is -12.0. The van der Waals surface area contributed by atoms with Crippen molar-refractivity contribution in [2.75, 3.05) is 0 Å². The number of rotatable bonds is 8. The third-order valence-corrected chi connectivity index (χ3v) is 6.25. The molecule has 3 rings (SSSR count). The van der Waals surface area contributed by atoms with Crippen LogP contribution in [0.4, 0.5) is 43.9 Å². The summed E-state index contributed by atoms with van der Waals surface area (Å²) in [6.45, 7) is 6.60. The Morgan fingerprint density at radius 3 is 1.51 bits per heavy atom. The van der Waals surface area contributed by atoms with E-state index < -0.39 is 58.4 Å². The number of aromatic nitrogens is 4. The van der Waals surface area contributed by atoms with Crippen LogP contribution in [0, 0.1) is 0 Å². The van der Waals surface area contributed by atoms with E-state index in [2.05, 4.69) is 19.9 Å². The predicted molar refractivity (Wildman–Crippen MR) is 127 cm³/mol. The fraction of sp³-hybridized carbons (Fsp3) is 0.417. The van der Waals surface area contributed by atoms with Gasteiger partial charge in [-0.25, -0.2) is 15.0 Å². The summed E-state index contributed by atoms with van der Waals surface area (Å²) in [5.41, 5.74) is -1.15. The lowest BCUT2D eigenvalue weighted by molar-refractivity contribution is -0.297. The summed E-state index contributed by atoms with van der Waals surface area (Å²) in [5.74, 6) is -18.5. The summed E-state index contributed by atoms with van der Waals surface area (Å²) in [7, 11) is 0.138. The lowest BCUT2D eigenvalue weighted by Gasteiger charge is -2.37. The first kappa shape index (κ1) is 32.2. The number of pyridine rings is 1. The lowest BCUT2D eigenvalue weighted by Crippen LogP contribution is -2.49. The van der Waals surface area contributed by atoms with Gasteiger partial charge in [0.15, 0.2) is 5.82 Å². The van der Waals surface area contributed by atoms with Crippen molar-refractivity contribution in [3.63, 3.8) is 0 Å². The number of aliphatic hydroxyl groups is 1. The molecule has 222 valence electrons. The van der Waals surface area contributed by atoms with Crippen molar-refractivity contribution in [1.82, 2.24) is 19.9 Å². The minimum Gasteiger partial charge on any atom is -0.427 e. The Kier molecular flexibility index (Phi) is 8.24. The zero-order valence-electron chi connectivity index (χ0n) is 21.7. The van der Waals surface area contributed by atoms with Gasteiger partial charge < -0.3 is 9.76 Å². The van der Waals surface area contributed by atoms with E-state index in [1.807, 2.05) is 0 Å². The second kappa shape index (κ2) is 10.5. The molecule has 17 heteroatoms. The second-order valence-corrected chi connectivity index (χ2v) is 9.94. The molecule has 0 fully saturated rings. The molecule has 1 N–H and O–H groups in total. The average molecular weight is 598 g/mol. The van der Waals surface area contributed by atoms with Crippen LogP contribution in [0.25, 0.3) is 22.6 Å². The van der Waals surface area contributed by atoms with E-state index in [1.54, 1.807) is 52.0 Å². The maximum atomic E-state index is 13.9. The highest BCUT2D eigenvalue weighted by Crippen LogP contribution is 2.46. The number of benzene rings is 1. The number of hydrogen-bond donors (Lipinski definition) is 1. The van der Waals surface area contributed by atoms with E-state index in [9.17, 15) is 49.0 Å².